The lowest BCUT2D eigenvalue weighted by atomic mass is 9.87. The summed E-state index contributed by atoms with van der Waals surface area (Å²) in [5, 5.41) is 3.05. The molecule has 0 aromatic rings. The van der Waals surface area contributed by atoms with E-state index in [0.29, 0.717) is 17.3 Å². The summed E-state index contributed by atoms with van der Waals surface area (Å²) >= 11 is 5.14. The maximum atomic E-state index is 11.9. The molecule has 4 nitrogen and oxygen atoms in total. The zero-order valence-electron chi connectivity index (χ0n) is 11.0. The number of likely N-dealkylation sites (tertiary alicyclic amines) is 1. The Morgan fingerprint density at radius 2 is 2.00 bits per heavy atom. The van der Waals surface area contributed by atoms with Crippen molar-refractivity contribution in [2.24, 2.45) is 11.7 Å². The van der Waals surface area contributed by atoms with Crippen LogP contribution < -0.4 is 11.1 Å². The number of rotatable bonds is 4. The average molecular weight is 257 g/mol. The summed E-state index contributed by atoms with van der Waals surface area (Å²) in [5.41, 5.74) is 5.36. The van der Waals surface area contributed by atoms with Crippen LogP contribution in [0.3, 0.4) is 0 Å². The van der Waals surface area contributed by atoms with Crippen LogP contribution >= 0.6 is 12.2 Å². The maximum Gasteiger partial charge on any atom is 0.221 e. The zero-order valence-corrected chi connectivity index (χ0v) is 11.8. The number of amides is 1. The van der Waals surface area contributed by atoms with Gasteiger partial charge in [-0.3, -0.25) is 4.79 Å². The van der Waals surface area contributed by atoms with Gasteiger partial charge in [0.1, 0.15) is 0 Å². The van der Waals surface area contributed by atoms with Crippen LogP contribution in [0.4, 0.5) is 0 Å². The smallest absolute Gasteiger partial charge is 0.221 e. The van der Waals surface area contributed by atoms with Gasteiger partial charge >= 0.3 is 0 Å². The molecule has 0 bridgehead atoms. The van der Waals surface area contributed by atoms with E-state index < -0.39 is 5.54 Å². The molecule has 0 aliphatic carbocycles. The van der Waals surface area contributed by atoms with Crippen LogP contribution in [0, 0.1) is 5.92 Å². The van der Waals surface area contributed by atoms with E-state index in [1.165, 1.54) is 0 Å². The molecular weight excluding hydrogens is 234 g/mol. The summed E-state index contributed by atoms with van der Waals surface area (Å²) in [4.78, 5) is 14.5. The third-order valence-corrected chi connectivity index (χ3v) is 3.68. The molecule has 1 fully saturated rings. The maximum absolute atomic E-state index is 11.9. The number of piperidine rings is 1. The van der Waals surface area contributed by atoms with Crippen LogP contribution in [0.15, 0.2) is 0 Å². The van der Waals surface area contributed by atoms with Gasteiger partial charge in [0.2, 0.25) is 5.91 Å². The highest BCUT2D eigenvalue weighted by atomic mass is 32.1. The van der Waals surface area contributed by atoms with Crippen LogP contribution in [0.5, 0.6) is 0 Å². The lowest BCUT2D eigenvalue weighted by Gasteiger charge is -2.40. The fraction of sp³-hybridized carbons (Fsp3) is 0.833. The molecule has 1 aliphatic heterocycles. The molecule has 0 aromatic heterocycles. The molecule has 0 atom stereocenters. The molecular formula is C12H23N3OS. The number of carbonyl (C=O) groups is 1. The van der Waals surface area contributed by atoms with Crippen molar-refractivity contribution >= 4 is 23.1 Å². The third-order valence-electron chi connectivity index (χ3n) is 3.28. The van der Waals surface area contributed by atoms with E-state index in [4.69, 9.17) is 18.0 Å². The number of nitrogens with one attached hydrogen (secondary N) is 1. The van der Waals surface area contributed by atoms with E-state index in [0.717, 1.165) is 25.9 Å². The van der Waals surface area contributed by atoms with Gasteiger partial charge < -0.3 is 16.0 Å². The standard InChI is InChI=1S/C12H23N3OS/c1-9(2)8-10(16)14-12(11(13)17)4-6-15(3)7-5-12/h9H,4-8H2,1-3H3,(H2,13,17)(H,14,16). The van der Waals surface area contributed by atoms with Crippen molar-refractivity contribution in [2.75, 3.05) is 20.1 Å². The Labute approximate surface area is 109 Å². The third kappa shape index (κ3) is 3.92. The Bertz CT molecular complexity index is 296. The summed E-state index contributed by atoms with van der Waals surface area (Å²) in [6.45, 7) is 5.89. The molecule has 5 heteroatoms. The van der Waals surface area contributed by atoms with Crippen molar-refractivity contribution in [3.63, 3.8) is 0 Å². The first-order chi connectivity index (χ1) is 7.85. The van der Waals surface area contributed by atoms with E-state index in [9.17, 15) is 4.79 Å². The molecule has 98 valence electrons. The summed E-state index contributed by atoms with van der Waals surface area (Å²) in [6.07, 6.45) is 2.14. The van der Waals surface area contributed by atoms with Crippen molar-refractivity contribution < 1.29 is 4.79 Å². The second kappa shape index (κ2) is 5.78. The van der Waals surface area contributed by atoms with E-state index in [-0.39, 0.29) is 5.91 Å². The first-order valence-corrected chi connectivity index (χ1v) is 6.56. The summed E-state index contributed by atoms with van der Waals surface area (Å²) < 4.78 is 0. The fourth-order valence-electron chi connectivity index (χ4n) is 2.12. The van der Waals surface area contributed by atoms with Crippen molar-refractivity contribution in [2.45, 2.75) is 38.6 Å². The molecule has 1 aliphatic rings. The molecule has 17 heavy (non-hydrogen) atoms. The van der Waals surface area contributed by atoms with Crippen LogP contribution in [0.25, 0.3) is 0 Å². The molecule has 0 saturated carbocycles. The van der Waals surface area contributed by atoms with Crippen molar-refractivity contribution in [3.05, 3.63) is 0 Å². The van der Waals surface area contributed by atoms with Gasteiger partial charge in [0.05, 0.1) is 10.5 Å². The minimum Gasteiger partial charge on any atom is -0.391 e. The van der Waals surface area contributed by atoms with E-state index in [2.05, 4.69) is 17.3 Å². The average Bonchev–Trinajstić information content (AvgIpc) is 2.20. The minimum absolute atomic E-state index is 0.0531. The Hall–Kier alpha value is -0.680. The number of hydrogen-bond donors (Lipinski definition) is 2. The molecule has 1 rings (SSSR count). The fourth-order valence-corrected chi connectivity index (χ4v) is 2.38. The van der Waals surface area contributed by atoms with Crippen LogP contribution in [-0.4, -0.2) is 41.5 Å². The Morgan fingerprint density at radius 3 is 2.41 bits per heavy atom. The molecule has 3 N–H and O–H groups in total. The van der Waals surface area contributed by atoms with Gasteiger partial charge in [-0.05, 0) is 25.8 Å². The molecule has 0 unspecified atom stereocenters. The van der Waals surface area contributed by atoms with Gasteiger partial charge in [-0.15, -0.1) is 0 Å². The van der Waals surface area contributed by atoms with Gasteiger partial charge in [0, 0.05) is 19.5 Å². The van der Waals surface area contributed by atoms with Crippen LogP contribution in [0.2, 0.25) is 0 Å². The molecule has 1 saturated heterocycles. The lowest BCUT2D eigenvalue weighted by molar-refractivity contribution is -0.123. The topological polar surface area (TPSA) is 58.4 Å². The number of thiocarbonyl (C=S) groups is 1. The van der Waals surface area contributed by atoms with Crippen LogP contribution in [-0.2, 0) is 4.79 Å². The largest absolute Gasteiger partial charge is 0.391 e. The number of nitrogens with two attached hydrogens (primary N) is 1. The highest BCUT2D eigenvalue weighted by Gasteiger charge is 2.37. The summed E-state index contributed by atoms with van der Waals surface area (Å²) in [5.74, 6) is 0.405. The molecule has 0 radical (unpaired) electrons. The Balaban J connectivity index is 2.66. The number of nitrogens with zero attached hydrogens (tertiary/aromatic N) is 1. The summed E-state index contributed by atoms with van der Waals surface area (Å²) in [6, 6.07) is 0. The Kier molecular flexibility index (Phi) is 4.89. The van der Waals surface area contributed by atoms with E-state index in [1.54, 1.807) is 0 Å². The van der Waals surface area contributed by atoms with E-state index in [1.807, 2.05) is 13.8 Å². The zero-order chi connectivity index (χ0) is 13.1. The molecule has 0 aromatic carbocycles. The molecule has 1 amide bonds. The number of carbonyl (C=O) groups excluding carboxylic acids is 1. The highest BCUT2D eigenvalue weighted by Crippen LogP contribution is 2.22. The SMILES string of the molecule is CC(C)CC(=O)NC1(C(N)=S)CCN(C)CC1. The van der Waals surface area contributed by atoms with Gasteiger partial charge in [-0.25, -0.2) is 0 Å². The molecule has 0 spiro atoms. The second-order valence-corrected chi connectivity index (χ2v) is 5.84. The predicted molar refractivity (Wildman–Crippen MR) is 73.8 cm³/mol. The monoisotopic (exact) mass is 257 g/mol. The Morgan fingerprint density at radius 1 is 1.47 bits per heavy atom. The van der Waals surface area contributed by atoms with Gasteiger partial charge in [0.25, 0.3) is 0 Å². The lowest BCUT2D eigenvalue weighted by Crippen LogP contribution is -2.61. The normalized spacial score (nSPS) is 20.2. The van der Waals surface area contributed by atoms with Crippen molar-refractivity contribution in [3.8, 4) is 0 Å². The number of hydrogen-bond acceptors (Lipinski definition) is 3. The van der Waals surface area contributed by atoms with Gasteiger partial charge in [0.15, 0.2) is 0 Å². The van der Waals surface area contributed by atoms with Crippen molar-refractivity contribution in [1.29, 1.82) is 0 Å². The van der Waals surface area contributed by atoms with Gasteiger partial charge in [-0.1, -0.05) is 26.1 Å². The second-order valence-electron chi connectivity index (χ2n) is 5.40. The highest BCUT2D eigenvalue weighted by molar-refractivity contribution is 7.80. The van der Waals surface area contributed by atoms with Crippen molar-refractivity contribution in [1.82, 2.24) is 10.2 Å². The quantitative estimate of drug-likeness (QED) is 0.735. The minimum atomic E-state index is -0.464. The first-order valence-electron chi connectivity index (χ1n) is 6.15. The predicted octanol–water partition coefficient (Wildman–Crippen LogP) is 0.899. The van der Waals surface area contributed by atoms with E-state index >= 15 is 0 Å². The summed E-state index contributed by atoms with van der Waals surface area (Å²) in [7, 11) is 2.07. The molecule has 1 heterocycles. The first kappa shape index (κ1) is 14.4. The van der Waals surface area contributed by atoms with Gasteiger partial charge in [-0.2, -0.15) is 0 Å². The van der Waals surface area contributed by atoms with Crippen LogP contribution in [0.1, 0.15) is 33.1 Å².